The molecule has 2 aromatic heterocycles. The van der Waals surface area contributed by atoms with Crippen molar-refractivity contribution in [2.45, 2.75) is 25.4 Å². The highest BCUT2D eigenvalue weighted by Gasteiger charge is 2.21. The van der Waals surface area contributed by atoms with Gasteiger partial charge in [-0.25, -0.2) is 4.98 Å². The van der Waals surface area contributed by atoms with Gasteiger partial charge in [0, 0.05) is 19.3 Å². The molecular formula is C11H14N4. The third-order valence-corrected chi connectivity index (χ3v) is 2.90. The number of imidazole rings is 1. The summed E-state index contributed by atoms with van der Waals surface area (Å²) in [6.45, 7) is 0.857. The van der Waals surface area contributed by atoms with E-state index in [-0.39, 0.29) is 0 Å². The zero-order valence-corrected chi connectivity index (χ0v) is 8.77. The highest BCUT2D eigenvalue weighted by atomic mass is 15.1. The van der Waals surface area contributed by atoms with E-state index in [9.17, 15) is 0 Å². The number of nitrogens with one attached hydrogen (secondary N) is 1. The molecule has 0 amide bonds. The molecule has 3 rings (SSSR count). The van der Waals surface area contributed by atoms with Crippen LogP contribution in [0, 0.1) is 0 Å². The van der Waals surface area contributed by atoms with Crippen molar-refractivity contribution < 1.29 is 0 Å². The van der Waals surface area contributed by atoms with Crippen molar-refractivity contribution >= 4 is 11.0 Å². The van der Waals surface area contributed by atoms with Crippen molar-refractivity contribution in [1.82, 2.24) is 19.9 Å². The number of hydrogen-bond donors (Lipinski definition) is 1. The fourth-order valence-electron chi connectivity index (χ4n) is 1.78. The smallest absolute Gasteiger partial charge is 0.123 e. The van der Waals surface area contributed by atoms with Crippen molar-refractivity contribution in [3.8, 4) is 0 Å². The Balaban J connectivity index is 1.92. The first kappa shape index (κ1) is 8.85. The van der Waals surface area contributed by atoms with Crippen LogP contribution in [0.25, 0.3) is 11.0 Å². The summed E-state index contributed by atoms with van der Waals surface area (Å²) in [6.07, 6.45) is 6.25. The van der Waals surface area contributed by atoms with Crippen LogP contribution in [0.4, 0.5) is 0 Å². The monoisotopic (exact) mass is 202 g/mol. The van der Waals surface area contributed by atoms with Gasteiger partial charge in [0.2, 0.25) is 0 Å². The van der Waals surface area contributed by atoms with Gasteiger partial charge in [-0.2, -0.15) is 0 Å². The van der Waals surface area contributed by atoms with Gasteiger partial charge in [0.05, 0.1) is 18.3 Å². The third kappa shape index (κ3) is 1.61. The molecule has 2 aromatic rings. The molecule has 0 bridgehead atoms. The van der Waals surface area contributed by atoms with Crippen LogP contribution in [0.1, 0.15) is 18.7 Å². The van der Waals surface area contributed by atoms with E-state index in [0.29, 0.717) is 0 Å². The van der Waals surface area contributed by atoms with Crippen LogP contribution in [0.5, 0.6) is 0 Å². The first-order valence-corrected chi connectivity index (χ1v) is 5.33. The molecule has 78 valence electrons. The molecule has 1 aliphatic rings. The normalized spacial score (nSPS) is 16.1. The minimum atomic E-state index is 0.725. The van der Waals surface area contributed by atoms with Gasteiger partial charge in [-0.15, -0.1) is 0 Å². The molecule has 1 saturated carbocycles. The second kappa shape index (κ2) is 3.31. The Morgan fingerprint density at radius 3 is 3.13 bits per heavy atom. The number of hydrogen-bond acceptors (Lipinski definition) is 3. The van der Waals surface area contributed by atoms with E-state index >= 15 is 0 Å². The SMILES string of the molecule is Cn1c(CNC2CC2)nc2cnccc21. The molecule has 0 spiro atoms. The number of aryl methyl sites for hydroxylation is 1. The van der Waals surface area contributed by atoms with Crippen molar-refractivity contribution in [3.63, 3.8) is 0 Å². The predicted octanol–water partition coefficient (Wildman–Crippen LogP) is 1.22. The Labute approximate surface area is 88.3 Å². The van der Waals surface area contributed by atoms with Gasteiger partial charge in [-0.05, 0) is 18.9 Å². The van der Waals surface area contributed by atoms with Crippen LogP contribution >= 0.6 is 0 Å². The molecule has 1 N–H and O–H groups in total. The minimum absolute atomic E-state index is 0.725. The molecule has 2 heterocycles. The van der Waals surface area contributed by atoms with Crippen molar-refractivity contribution in [2.75, 3.05) is 0 Å². The van der Waals surface area contributed by atoms with Crippen molar-refractivity contribution in [3.05, 3.63) is 24.3 Å². The average Bonchev–Trinajstić information content (AvgIpc) is 3.03. The standard InChI is InChI=1S/C11H14N4/c1-15-10-4-5-12-6-9(10)14-11(15)7-13-8-2-3-8/h4-6,8,13H,2-3,7H2,1H3. The molecule has 15 heavy (non-hydrogen) atoms. The molecule has 0 saturated heterocycles. The lowest BCUT2D eigenvalue weighted by Crippen LogP contribution is -2.18. The van der Waals surface area contributed by atoms with Crippen LogP contribution in [-0.4, -0.2) is 20.6 Å². The fourth-order valence-corrected chi connectivity index (χ4v) is 1.78. The lowest BCUT2D eigenvalue weighted by molar-refractivity contribution is 0.639. The topological polar surface area (TPSA) is 42.7 Å². The first-order chi connectivity index (χ1) is 7.34. The molecular weight excluding hydrogens is 188 g/mol. The summed E-state index contributed by atoms with van der Waals surface area (Å²) in [5.74, 6) is 1.09. The fraction of sp³-hybridized carbons (Fsp3) is 0.455. The van der Waals surface area contributed by atoms with E-state index in [1.165, 1.54) is 12.8 Å². The molecule has 4 heteroatoms. The molecule has 0 aromatic carbocycles. The van der Waals surface area contributed by atoms with Crippen molar-refractivity contribution in [2.24, 2.45) is 7.05 Å². The Morgan fingerprint density at radius 1 is 1.53 bits per heavy atom. The number of pyridine rings is 1. The summed E-state index contributed by atoms with van der Waals surface area (Å²) in [4.78, 5) is 8.63. The van der Waals surface area contributed by atoms with Gasteiger partial charge in [-0.3, -0.25) is 4.98 Å². The number of nitrogens with zero attached hydrogens (tertiary/aromatic N) is 3. The van der Waals surface area contributed by atoms with Gasteiger partial charge >= 0.3 is 0 Å². The Hall–Kier alpha value is -1.42. The molecule has 0 radical (unpaired) electrons. The van der Waals surface area contributed by atoms with Crippen LogP contribution in [0.15, 0.2) is 18.5 Å². The van der Waals surface area contributed by atoms with E-state index in [0.717, 1.165) is 29.4 Å². The molecule has 0 atom stereocenters. The lowest BCUT2D eigenvalue weighted by Gasteiger charge is -2.02. The lowest BCUT2D eigenvalue weighted by atomic mass is 10.4. The van der Waals surface area contributed by atoms with E-state index in [4.69, 9.17) is 0 Å². The third-order valence-electron chi connectivity index (χ3n) is 2.90. The highest BCUT2D eigenvalue weighted by molar-refractivity contribution is 5.74. The molecule has 0 aliphatic heterocycles. The first-order valence-electron chi connectivity index (χ1n) is 5.33. The van der Waals surface area contributed by atoms with E-state index in [2.05, 4.69) is 26.9 Å². The minimum Gasteiger partial charge on any atom is -0.330 e. The Morgan fingerprint density at radius 2 is 2.40 bits per heavy atom. The van der Waals surface area contributed by atoms with Gasteiger partial charge in [0.1, 0.15) is 11.3 Å². The second-order valence-electron chi connectivity index (χ2n) is 4.11. The molecule has 0 unspecified atom stereocenters. The van der Waals surface area contributed by atoms with Gasteiger partial charge in [0.25, 0.3) is 0 Å². The van der Waals surface area contributed by atoms with Crippen LogP contribution in [0.3, 0.4) is 0 Å². The van der Waals surface area contributed by atoms with E-state index < -0.39 is 0 Å². The van der Waals surface area contributed by atoms with Crippen LogP contribution < -0.4 is 5.32 Å². The number of rotatable bonds is 3. The van der Waals surface area contributed by atoms with Gasteiger partial charge in [-0.1, -0.05) is 0 Å². The maximum atomic E-state index is 4.55. The quantitative estimate of drug-likeness (QED) is 0.813. The summed E-state index contributed by atoms with van der Waals surface area (Å²) >= 11 is 0. The maximum Gasteiger partial charge on any atom is 0.123 e. The average molecular weight is 202 g/mol. The maximum absolute atomic E-state index is 4.55. The largest absolute Gasteiger partial charge is 0.330 e. The summed E-state index contributed by atoms with van der Waals surface area (Å²) in [5, 5.41) is 3.47. The molecule has 1 aliphatic carbocycles. The zero-order valence-electron chi connectivity index (χ0n) is 8.77. The van der Waals surface area contributed by atoms with Gasteiger partial charge in [0.15, 0.2) is 0 Å². The van der Waals surface area contributed by atoms with Crippen molar-refractivity contribution in [1.29, 1.82) is 0 Å². The summed E-state index contributed by atoms with van der Waals surface area (Å²) in [5.41, 5.74) is 2.13. The second-order valence-corrected chi connectivity index (χ2v) is 4.11. The summed E-state index contributed by atoms with van der Waals surface area (Å²) in [6, 6.07) is 2.73. The van der Waals surface area contributed by atoms with E-state index in [1.54, 1.807) is 0 Å². The highest BCUT2D eigenvalue weighted by Crippen LogP contribution is 2.20. The Kier molecular flexibility index (Phi) is 1.95. The number of aromatic nitrogens is 3. The predicted molar refractivity (Wildman–Crippen MR) is 58.4 cm³/mol. The Bertz CT molecular complexity index is 484. The molecule has 4 nitrogen and oxygen atoms in total. The molecule has 1 fully saturated rings. The summed E-state index contributed by atoms with van der Waals surface area (Å²) in [7, 11) is 2.05. The summed E-state index contributed by atoms with van der Waals surface area (Å²) < 4.78 is 2.13. The van der Waals surface area contributed by atoms with Crippen LogP contribution in [-0.2, 0) is 13.6 Å². The van der Waals surface area contributed by atoms with Gasteiger partial charge < -0.3 is 9.88 Å². The van der Waals surface area contributed by atoms with Crippen LogP contribution in [0.2, 0.25) is 0 Å². The zero-order chi connectivity index (χ0) is 10.3. The van der Waals surface area contributed by atoms with E-state index in [1.807, 2.05) is 18.5 Å². The number of fused-ring (bicyclic) bond motifs is 1.